The Morgan fingerprint density at radius 1 is 0.828 bits per heavy atom. The van der Waals surface area contributed by atoms with Gasteiger partial charge < -0.3 is 10.1 Å². The van der Waals surface area contributed by atoms with E-state index >= 15 is 0 Å². The van der Waals surface area contributed by atoms with Crippen LogP contribution in [0, 0.1) is 0 Å². The fourth-order valence-corrected chi connectivity index (χ4v) is 3.04. The highest BCUT2D eigenvalue weighted by Crippen LogP contribution is 2.21. The number of carbonyl (C=O) groups is 3. The van der Waals surface area contributed by atoms with Crippen molar-refractivity contribution < 1.29 is 19.1 Å². The topological polar surface area (TPSA) is 72.5 Å². The van der Waals surface area contributed by atoms with Gasteiger partial charge >= 0.3 is 5.97 Å². The fourth-order valence-electron chi connectivity index (χ4n) is 2.52. The number of hydrogen-bond donors (Lipinski definition) is 1. The zero-order valence-electron chi connectivity index (χ0n) is 15.0. The minimum Gasteiger partial charge on any atom is -0.454 e. The van der Waals surface area contributed by atoms with Gasteiger partial charge in [-0.25, -0.2) is 4.79 Å². The van der Waals surface area contributed by atoms with Gasteiger partial charge in [0.2, 0.25) is 5.78 Å². The van der Waals surface area contributed by atoms with Crippen LogP contribution >= 0.6 is 23.2 Å². The summed E-state index contributed by atoms with van der Waals surface area (Å²) in [6.07, 6.45) is 0. The average molecular weight is 428 g/mol. The lowest BCUT2D eigenvalue weighted by Crippen LogP contribution is -2.15. The molecule has 0 bridgehead atoms. The fraction of sp³-hybridized carbons (Fsp3) is 0.0455. The van der Waals surface area contributed by atoms with Crippen molar-refractivity contribution in [1.29, 1.82) is 0 Å². The molecular formula is C22H15Cl2NO4. The SMILES string of the molecule is O=C(Nc1cccc(C(=O)OCC(=O)c2ccc(Cl)cc2Cl)c1)c1ccccc1. The summed E-state index contributed by atoms with van der Waals surface area (Å²) in [6.45, 7) is -0.471. The van der Waals surface area contributed by atoms with Gasteiger partial charge in [-0.15, -0.1) is 0 Å². The molecule has 1 amide bonds. The molecule has 1 N–H and O–H groups in total. The molecule has 0 atom stereocenters. The van der Waals surface area contributed by atoms with Crippen molar-refractivity contribution in [2.75, 3.05) is 11.9 Å². The highest BCUT2D eigenvalue weighted by molar-refractivity contribution is 6.36. The molecule has 0 heterocycles. The lowest BCUT2D eigenvalue weighted by atomic mass is 10.1. The van der Waals surface area contributed by atoms with Gasteiger partial charge in [0.25, 0.3) is 5.91 Å². The van der Waals surface area contributed by atoms with Crippen LogP contribution in [-0.2, 0) is 4.74 Å². The second-order valence-electron chi connectivity index (χ2n) is 6.02. The summed E-state index contributed by atoms with van der Waals surface area (Å²) in [6, 6.07) is 19.4. The van der Waals surface area contributed by atoms with Gasteiger partial charge in [-0.3, -0.25) is 9.59 Å². The number of ketones is 1. The standard InChI is InChI=1S/C22H15Cl2NO4/c23-16-9-10-18(19(24)12-16)20(26)13-29-22(28)15-7-4-8-17(11-15)25-21(27)14-5-2-1-3-6-14/h1-12H,13H2,(H,25,27). The maximum atomic E-state index is 12.3. The summed E-state index contributed by atoms with van der Waals surface area (Å²) in [7, 11) is 0. The third kappa shape index (κ3) is 5.44. The molecule has 3 aromatic carbocycles. The zero-order chi connectivity index (χ0) is 20.8. The molecule has 7 heteroatoms. The van der Waals surface area contributed by atoms with E-state index < -0.39 is 18.4 Å². The molecule has 5 nitrogen and oxygen atoms in total. The second-order valence-corrected chi connectivity index (χ2v) is 6.87. The van der Waals surface area contributed by atoms with Crippen molar-refractivity contribution in [3.63, 3.8) is 0 Å². The number of esters is 1. The molecule has 0 spiro atoms. The Bertz CT molecular complexity index is 1070. The highest BCUT2D eigenvalue weighted by Gasteiger charge is 2.15. The lowest BCUT2D eigenvalue weighted by Gasteiger charge is -2.08. The number of nitrogens with one attached hydrogen (secondary N) is 1. The van der Waals surface area contributed by atoms with E-state index in [-0.39, 0.29) is 22.1 Å². The van der Waals surface area contributed by atoms with E-state index in [1.807, 2.05) is 6.07 Å². The Morgan fingerprint density at radius 3 is 2.28 bits per heavy atom. The van der Waals surface area contributed by atoms with Gasteiger partial charge in [0.1, 0.15) is 0 Å². The van der Waals surface area contributed by atoms with Crippen LogP contribution in [-0.4, -0.2) is 24.3 Å². The molecule has 0 saturated heterocycles. The van der Waals surface area contributed by atoms with Crippen LogP contribution in [0.2, 0.25) is 10.0 Å². The van der Waals surface area contributed by atoms with Gasteiger partial charge in [-0.05, 0) is 48.5 Å². The first-order valence-electron chi connectivity index (χ1n) is 8.56. The smallest absolute Gasteiger partial charge is 0.338 e. The van der Waals surface area contributed by atoms with Crippen molar-refractivity contribution in [2.24, 2.45) is 0 Å². The number of ether oxygens (including phenoxy) is 1. The molecule has 0 saturated carbocycles. The Hall–Kier alpha value is -3.15. The van der Waals surface area contributed by atoms with Crippen LogP contribution in [0.25, 0.3) is 0 Å². The third-order valence-electron chi connectivity index (χ3n) is 3.96. The third-order valence-corrected chi connectivity index (χ3v) is 4.51. The molecule has 3 rings (SSSR count). The normalized spacial score (nSPS) is 10.3. The van der Waals surface area contributed by atoms with Crippen molar-refractivity contribution in [3.05, 3.63) is 99.5 Å². The van der Waals surface area contributed by atoms with E-state index in [0.29, 0.717) is 16.3 Å². The molecule has 0 aliphatic carbocycles. The van der Waals surface area contributed by atoms with Crippen LogP contribution in [0.4, 0.5) is 5.69 Å². The highest BCUT2D eigenvalue weighted by atomic mass is 35.5. The number of anilines is 1. The lowest BCUT2D eigenvalue weighted by molar-refractivity contribution is 0.0474. The summed E-state index contributed by atoms with van der Waals surface area (Å²) < 4.78 is 5.08. The van der Waals surface area contributed by atoms with Crippen molar-refractivity contribution in [3.8, 4) is 0 Å². The van der Waals surface area contributed by atoms with Gasteiger partial charge in [0, 0.05) is 21.8 Å². The minimum absolute atomic E-state index is 0.184. The number of halogens is 2. The number of rotatable bonds is 6. The number of benzene rings is 3. The van der Waals surface area contributed by atoms with E-state index in [2.05, 4.69) is 5.32 Å². The van der Waals surface area contributed by atoms with Gasteiger partial charge in [0.05, 0.1) is 10.6 Å². The first-order chi connectivity index (χ1) is 13.9. The summed E-state index contributed by atoms with van der Waals surface area (Å²) >= 11 is 11.8. The maximum absolute atomic E-state index is 12.3. The Morgan fingerprint density at radius 2 is 1.55 bits per heavy atom. The maximum Gasteiger partial charge on any atom is 0.338 e. The summed E-state index contributed by atoms with van der Waals surface area (Å²) in [4.78, 5) is 36.7. The van der Waals surface area contributed by atoms with E-state index in [1.165, 1.54) is 30.3 Å². The Kier molecular flexibility index (Phi) is 6.65. The van der Waals surface area contributed by atoms with Crippen molar-refractivity contribution >= 4 is 46.5 Å². The van der Waals surface area contributed by atoms with Crippen LogP contribution < -0.4 is 5.32 Å². The quantitative estimate of drug-likeness (QED) is 0.428. The number of carbonyl (C=O) groups excluding carboxylic acids is 3. The van der Waals surface area contributed by atoms with Crippen molar-refractivity contribution in [1.82, 2.24) is 0 Å². The van der Waals surface area contributed by atoms with Crippen LogP contribution in [0.3, 0.4) is 0 Å². The summed E-state index contributed by atoms with van der Waals surface area (Å²) in [5.41, 5.74) is 1.34. The molecule has 0 aromatic heterocycles. The van der Waals surface area contributed by atoms with Gasteiger partial charge in [-0.2, -0.15) is 0 Å². The summed E-state index contributed by atoms with van der Waals surface area (Å²) in [5.74, 6) is -1.45. The molecule has 0 unspecified atom stereocenters. The Balaban J connectivity index is 1.63. The average Bonchev–Trinajstić information content (AvgIpc) is 2.72. The zero-order valence-corrected chi connectivity index (χ0v) is 16.5. The summed E-state index contributed by atoms with van der Waals surface area (Å²) in [5, 5.41) is 3.30. The van der Waals surface area contributed by atoms with Crippen LogP contribution in [0.1, 0.15) is 31.1 Å². The molecule has 29 heavy (non-hydrogen) atoms. The minimum atomic E-state index is -0.695. The van der Waals surface area contributed by atoms with E-state index in [4.69, 9.17) is 27.9 Å². The predicted octanol–water partition coefficient (Wildman–Crippen LogP) is 5.29. The van der Waals surface area contributed by atoms with Crippen LogP contribution in [0.15, 0.2) is 72.8 Å². The molecule has 0 aliphatic heterocycles. The molecule has 0 radical (unpaired) electrons. The predicted molar refractivity (Wildman–Crippen MR) is 112 cm³/mol. The first-order valence-corrected chi connectivity index (χ1v) is 9.31. The Labute approximate surface area is 177 Å². The molecule has 0 fully saturated rings. The number of amides is 1. The monoisotopic (exact) mass is 427 g/mol. The number of Topliss-reactive ketones (excluding diaryl/α,β-unsaturated/α-hetero) is 1. The largest absolute Gasteiger partial charge is 0.454 e. The number of hydrogen-bond acceptors (Lipinski definition) is 4. The van der Waals surface area contributed by atoms with E-state index in [1.54, 1.807) is 36.4 Å². The van der Waals surface area contributed by atoms with Crippen molar-refractivity contribution in [2.45, 2.75) is 0 Å². The second kappa shape index (κ2) is 9.37. The van der Waals surface area contributed by atoms with Gasteiger partial charge in [-0.1, -0.05) is 47.5 Å². The van der Waals surface area contributed by atoms with E-state index in [0.717, 1.165) is 0 Å². The van der Waals surface area contributed by atoms with Crippen LogP contribution in [0.5, 0.6) is 0 Å². The molecular weight excluding hydrogens is 413 g/mol. The van der Waals surface area contributed by atoms with E-state index in [9.17, 15) is 14.4 Å². The molecule has 3 aromatic rings. The molecule has 0 aliphatic rings. The first kappa shape index (κ1) is 20.6. The van der Waals surface area contributed by atoms with Gasteiger partial charge in [0.15, 0.2) is 6.61 Å². The molecule has 146 valence electrons.